The van der Waals surface area contributed by atoms with Gasteiger partial charge in [-0.1, -0.05) is 18.2 Å². The van der Waals surface area contributed by atoms with Gasteiger partial charge in [-0.25, -0.2) is 4.79 Å². The number of nitrogens with two attached hydrogens (primary N) is 3. The Balaban J connectivity index is 2.01. The Morgan fingerprint density at radius 2 is 1.63 bits per heavy atom. The van der Waals surface area contributed by atoms with E-state index in [-0.39, 0.29) is 25.7 Å². The molecule has 13 nitrogen and oxygen atoms in total. The van der Waals surface area contributed by atoms with Crippen molar-refractivity contribution in [2.45, 2.75) is 69.6 Å². The number of carboxylic acids is 1. The maximum atomic E-state index is 12.9. The number of carboxylic acid groups (broad SMARTS) is 1. The molecule has 4 atom stereocenters. The summed E-state index contributed by atoms with van der Waals surface area (Å²) in [4.78, 5) is 64.2. The number of hydrogen-bond donors (Lipinski definition) is 8. The summed E-state index contributed by atoms with van der Waals surface area (Å²) in [6, 6.07) is 3.09. The SMILES string of the molecule is CC(NC(=O)C(CCC(N)=O)NC(=O)C(N)Cc1c[nH]c2ccccc12)C(=O)NC(CCCCN)C(=O)O. The minimum absolute atomic E-state index is 0.113. The van der Waals surface area contributed by atoms with Gasteiger partial charge < -0.3 is 43.2 Å². The lowest BCUT2D eigenvalue weighted by Crippen LogP contribution is -2.56. The molecule has 208 valence electrons. The molecule has 13 heteroatoms. The first-order chi connectivity index (χ1) is 18.0. The van der Waals surface area contributed by atoms with Crippen LogP contribution >= 0.6 is 0 Å². The summed E-state index contributed by atoms with van der Waals surface area (Å²) in [5, 5.41) is 17.7. The second-order valence-electron chi connectivity index (χ2n) is 9.15. The number of fused-ring (bicyclic) bond motifs is 1. The Bertz CT molecular complexity index is 1130. The predicted molar refractivity (Wildman–Crippen MR) is 140 cm³/mol. The number of unbranched alkanes of at least 4 members (excludes halogenated alkanes) is 1. The van der Waals surface area contributed by atoms with Gasteiger partial charge in [-0.2, -0.15) is 0 Å². The Morgan fingerprint density at radius 3 is 2.29 bits per heavy atom. The number of amides is 4. The second-order valence-corrected chi connectivity index (χ2v) is 9.15. The lowest BCUT2D eigenvalue weighted by Gasteiger charge is -2.23. The number of para-hydroxylation sites is 1. The molecule has 0 saturated carbocycles. The molecule has 38 heavy (non-hydrogen) atoms. The van der Waals surface area contributed by atoms with Gasteiger partial charge in [-0.05, 0) is 57.2 Å². The summed E-state index contributed by atoms with van der Waals surface area (Å²) in [7, 11) is 0. The molecule has 1 aromatic heterocycles. The molecule has 2 rings (SSSR count). The van der Waals surface area contributed by atoms with Gasteiger partial charge >= 0.3 is 5.97 Å². The second kappa shape index (κ2) is 14.7. The lowest BCUT2D eigenvalue weighted by molar-refractivity contribution is -0.142. The number of nitrogens with one attached hydrogen (secondary N) is 4. The van der Waals surface area contributed by atoms with E-state index in [0.29, 0.717) is 19.4 Å². The highest BCUT2D eigenvalue weighted by Crippen LogP contribution is 2.18. The summed E-state index contributed by atoms with van der Waals surface area (Å²) in [5.41, 5.74) is 18.5. The van der Waals surface area contributed by atoms with Gasteiger partial charge in [0.05, 0.1) is 6.04 Å². The summed E-state index contributed by atoms with van der Waals surface area (Å²) < 4.78 is 0. The minimum Gasteiger partial charge on any atom is -0.480 e. The van der Waals surface area contributed by atoms with Crippen LogP contribution in [0.3, 0.4) is 0 Å². The third-order valence-corrected chi connectivity index (χ3v) is 6.08. The number of aromatic nitrogens is 1. The van der Waals surface area contributed by atoms with Crippen molar-refractivity contribution in [1.29, 1.82) is 0 Å². The highest BCUT2D eigenvalue weighted by molar-refractivity contribution is 5.94. The predicted octanol–water partition coefficient (Wildman–Crippen LogP) is -1.01. The number of carbonyl (C=O) groups excluding carboxylic acids is 4. The van der Waals surface area contributed by atoms with Crippen LogP contribution in [0.15, 0.2) is 30.5 Å². The smallest absolute Gasteiger partial charge is 0.326 e. The molecule has 0 bridgehead atoms. The van der Waals surface area contributed by atoms with Crippen LogP contribution in [0.4, 0.5) is 0 Å². The quantitative estimate of drug-likeness (QED) is 0.125. The summed E-state index contributed by atoms with van der Waals surface area (Å²) in [5.74, 6) is -3.95. The monoisotopic (exact) mass is 531 g/mol. The molecule has 0 aliphatic heterocycles. The van der Waals surface area contributed by atoms with Crippen LogP contribution in [0.1, 0.15) is 44.6 Å². The molecule has 2 aromatic rings. The van der Waals surface area contributed by atoms with E-state index in [9.17, 15) is 29.1 Å². The normalized spacial score (nSPS) is 14.2. The van der Waals surface area contributed by atoms with E-state index < -0.39 is 53.8 Å². The summed E-state index contributed by atoms with van der Waals surface area (Å²) >= 11 is 0. The third kappa shape index (κ3) is 9.16. The minimum atomic E-state index is -1.20. The molecule has 0 fully saturated rings. The first-order valence-corrected chi connectivity index (χ1v) is 12.5. The molecule has 0 aliphatic carbocycles. The number of hydrogen-bond acceptors (Lipinski definition) is 7. The first-order valence-electron chi connectivity index (χ1n) is 12.5. The molecule has 0 radical (unpaired) electrons. The van der Waals surface area contributed by atoms with E-state index in [4.69, 9.17) is 17.2 Å². The van der Waals surface area contributed by atoms with Gasteiger partial charge in [-0.3, -0.25) is 19.2 Å². The maximum absolute atomic E-state index is 12.9. The van der Waals surface area contributed by atoms with Gasteiger partial charge in [0.2, 0.25) is 23.6 Å². The number of aliphatic carboxylic acids is 1. The molecule has 0 spiro atoms. The van der Waals surface area contributed by atoms with E-state index in [2.05, 4.69) is 20.9 Å². The van der Waals surface area contributed by atoms with Crippen molar-refractivity contribution >= 4 is 40.5 Å². The maximum Gasteiger partial charge on any atom is 0.326 e. The highest BCUT2D eigenvalue weighted by atomic mass is 16.4. The largest absolute Gasteiger partial charge is 0.480 e. The van der Waals surface area contributed by atoms with Gasteiger partial charge in [0.15, 0.2) is 0 Å². The van der Waals surface area contributed by atoms with E-state index in [1.807, 2.05) is 24.3 Å². The fourth-order valence-electron chi connectivity index (χ4n) is 3.89. The van der Waals surface area contributed by atoms with Crippen LogP contribution in [0.5, 0.6) is 0 Å². The Hall–Kier alpha value is -3.97. The van der Waals surface area contributed by atoms with Crippen molar-refractivity contribution in [3.63, 3.8) is 0 Å². The van der Waals surface area contributed by atoms with Crippen LogP contribution in [0.25, 0.3) is 10.9 Å². The average molecular weight is 532 g/mol. The number of rotatable bonds is 16. The van der Waals surface area contributed by atoms with Crippen LogP contribution in [0, 0.1) is 0 Å². The van der Waals surface area contributed by atoms with Crippen LogP contribution in [-0.2, 0) is 30.4 Å². The van der Waals surface area contributed by atoms with E-state index in [1.165, 1.54) is 6.92 Å². The fraction of sp³-hybridized carbons (Fsp3) is 0.480. The van der Waals surface area contributed by atoms with E-state index >= 15 is 0 Å². The molecular formula is C25H37N7O6. The number of H-pyrrole nitrogens is 1. The van der Waals surface area contributed by atoms with Crippen molar-refractivity contribution in [3.8, 4) is 0 Å². The van der Waals surface area contributed by atoms with Gasteiger partial charge in [-0.15, -0.1) is 0 Å². The fourth-order valence-corrected chi connectivity index (χ4v) is 3.89. The average Bonchev–Trinajstić information content (AvgIpc) is 3.28. The zero-order valence-corrected chi connectivity index (χ0v) is 21.4. The summed E-state index contributed by atoms with van der Waals surface area (Å²) in [6.07, 6.45) is 2.95. The number of aromatic amines is 1. The molecule has 4 unspecified atom stereocenters. The van der Waals surface area contributed by atoms with E-state index in [1.54, 1.807) is 6.20 Å². The Kier molecular flexibility index (Phi) is 11.7. The standard InChI is InChI=1S/C25H37N7O6/c1-14(22(34)32-20(25(37)38)8-4-5-11-26)30-24(36)19(9-10-21(28)33)31-23(35)17(27)12-15-13-29-18-7-3-2-6-16(15)18/h2-3,6-7,13-14,17,19-20,29H,4-5,8-12,26-27H2,1H3,(H2,28,33)(H,30,36)(H,31,35)(H,32,34)(H,37,38). The molecular weight excluding hydrogens is 494 g/mol. The van der Waals surface area contributed by atoms with Crippen molar-refractivity contribution < 1.29 is 29.1 Å². The van der Waals surface area contributed by atoms with Gasteiger partial charge in [0.25, 0.3) is 0 Å². The van der Waals surface area contributed by atoms with Crippen LogP contribution in [0.2, 0.25) is 0 Å². The highest BCUT2D eigenvalue weighted by Gasteiger charge is 2.28. The van der Waals surface area contributed by atoms with Crippen LogP contribution < -0.4 is 33.2 Å². The lowest BCUT2D eigenvalue weighted by atomic mass is 10.0. The number of primary amides is 1. The first kappa shape index (κ1) is 30.3. The molecule has 0 aliphatic rings. The molecule has 0 saturated heterocycles. The molecule has 11 N–H and O–H groups in total. The van der Waals surface area contributed by atoms with Crippen LogP contribution in [-0.4, -0.2) is 70.4 Å². The van der Waals surface area contributed by atoms with Crippen molar-refractivity contribution in [3.05, 3.63) is 36.0 Å². The zero-order chi connectivity index (χ0) is 28.2. The van der Waals surface area contributed by atoms with Gasteiger partial charge in [0.1, 0.15) is 18.1 Å². The molecule has 4 amide bonds. The molecule has 1 aromatic carbocycles. The Morgan fingerprint density at radius 1 is 0.947 bits per heavy atom. The Labute approximate surface area is 220 Å². The van der Waals surface area contributed by atoms with E-state index in [0.717, 1.165) is 16.5 Å². The van der Waals surface area contributed by atoms with Gasteiger partial charge in [0, 0.05) is 23.5 Å². The van der Waals surface area contributed by atoms with Crippen molar-refractivity contribution in [2.24, 2.45) is 17.2 Å². The zero-order valence-electron chi connectivity index (χ0n) is 21.4. The van der Waals surface area contributed by atoms with Crippen molar-refractivity contribution in [1.82, 2.24) is 20.9 Å². The van der Waals surface area contributed by atoms with Crippen molar-refractivity contribution in [2.75, 3.05) is 6.54 Å². The third-order valence-electron chi connectivity index (χ3n) is 6.08. The molecule has 1 heterocycles. The number of carbonyl (C=O) groups is 5. The number of benzene rings is 1. The topological polar surface area (TPSA) is 236 Å². The summed E-state index contributed by atoms with van der Waals surface area (Å²) in [6.45, 7) is 1.78.